The molecule has 2 rings (SSSR count). The summed E-state index contributed by atoms with van der Waals surface area (Å²) in [7, 11) is 0. The van der Waals surface area contributed by atoms with Crippen molar-refractivity contribution in [2.24, 2.45) is 0 Å². The van der Waals surface area contributed by atoms with Crippen molar-refractivity contribution in [2.75, 3.05) is 13.1 Å². The highest BCUT2D eigenvalue weighted by atomic mass is 15.3. The van der Waals surface area contributed by atoms with E-state index >= 15 is 0 Å². The maximum absolute atomic E-state index is 3.82. The fourth-order valence-electron chi connectivity index (χ4n) is 3.23. The van der Waals surface area contributed by atoms with Crippen molar-refractivity contribution in [3.63, 3.8) is 0 Å². The Bertz CT molecular complexity index is 219. The number of nitrogens with zero attached hydrogens (tertiary/aromatic N) is 1. The molecule has 1 heterocycles. The molecule has 1 saturated heterocycles. The zero-order valence-corrected chi connectivity index (χ0v) is 11.3. The van der Waals surface area contributed by atoms with Gasteiger partial charge in [-0.05, 0) is 32.1 Å². The highest BCUT2D eigenvalue weighted by Gasteiger charge is 2.40. The third-order valence-corrected chi connectivity index (χ3v) is 5.04. The molecular weight excluding hydrogens is 196 g/mol. The van der Waals surface area contributed by atoms with Gasteiger partial charge in [-0.3, -0.25) is 4.90 Å². The van der Waals surface area contributed by atoms with Crippen molar-refractivity contribution < 1.29 is 0 Å². The van der Waals surface area contributed by atoms with Gasteiger partial charge in [-0.25, -0.2) is 0 Å². The van der Waals surface area contributed by atoms with Crippen LogP contribution in [0.4, 0.5) is 0 Å². The van der Waals surface area contributed by atoms with Gasteiger partial charge in [-0.2, -0.15) is 0 Å². The molecule has 1 unspecified atom stereocenters. The Hall–Kier alpha value is -0.0800. The van der Waals surface area contributed by atoms with Crippen LogP contribution in [0.2, 0.25) is 0 Å². The third-order valence-electron chi connectivity index (χ3n) is 5.04. The van der Waals surface area contributed by atoms with E-state index in [0.29, 0.717) is 5.54 Å². The van der Waals surface area contributed by atoms with Gasteiger partial charge in [-0.15, -0.1) is 0 Å². The normalized spacial score (nSPS) is 31.3. The lowest BCUT2D eigenvalue weighted by Gasteiger charge is -2.52. The summed E-state index contributed by atoms with van der Waals surface area (Å²) < 4.78 is 0. The van der Waals surface area contributed by atoms with Gasteiger partial charge in [0.2, 0.25) is 0 Å². The average Bonchev–Trinajstić information content (AvgIpc) is 2.27. The minimum atomic E-state index is 0.404. The predicted octanol–water partition coefficient (Wildman–Crippen LogP) is 2.78. The van der Waals surface area contributed by atoms with Crippen LogP contribution in [0.15, 0.2) is 0 Å². The summed E-state index contributed by atoms with van der Waals surface area (Å²) in [6.07, 6.45) is 8.18. The van der Waals surface area contributed by atoms with Gasteiger partial charge >= 0.3 is 0 Å². The summed E-state index contributed by atoms with van der Waals surface area (Å²) in [5, 5.41) is 3.82. The number of rotatable bonds is 4. The summed E-state index contributed by atoms with van der Waals surface area (Å²) in [6, 6.07) is 1.70. The Morgan fingerprint density at radius 3 is 2.31 bits per heavy atom. The molecule has 2 nitrogen and oxygen atoms in total. The number of hydrogen-bond acceptors (Lipinski definition) is 2. The van der Waals surface area contributed by atoms with Crippen LogP contribution in [0.3, 0.4) is 0 Å². The second-order valence-corrected chi connectivity index (χ2v) is 5.69. The Kier molecular flexibility index (Phi) is 3.91. The fourth-order valence-corrected chi connectivity index (χ4v) is 3.23. The fraction of sp³-hybridized carbons (Fsp3) is 1.00. The Labute approximate surface area is 101 Å². The van der Waals surface area contributed by atoms with Crippen LogP contribution in [-0.4, -0.2) is 35.6 Å². The van der Waals surface area contributed by atoms with E-state index in [1.165, 1.54) is 51.6 Å². The first kappa shape index (κ1) is 12.4. The molecule has 0 aromatic carbocycles. The number of hydrogen-bond donors (Lipinski definition) is 1. The molecule has 2 aliphatic rings. The van der Waals surface area contributed by atoms with E-state index in [1.54, 1.807) is 0 Å². The minimum absolute atomic E-state index is 0.404. The van der Waals surface area contributed by atoms with Gasteiger partial charge in [0.1, 0.15) is 0 Å². The van der Waals surface area contributed by atoms with E-state index < -0.39 is 0 Å². The smallest absolute Gasteiger partial charge is 0.0304 e. The molecular formula is C14H28N2. The average molecular weight is 224 g/mol. The van der Waals surface area contributed by atoms with Gasteiger partial charge in [0.05, 0.1) is 0 Å². The topological polar surface area (TPSA) is 15.3 Å². The van der Waals surface area contributed by atoms with Gasteiger partial charge < -0.3 is 5.32 Å². The predicted molar refractivity (Wildman–Crippen MR) is 69.7 cm³/mol. The maximum Gasteiger partial charge on any atom is 0.0304 e. The molecule has 2 heteroatoms. The van der Waals surface area contributed by atoms with Crippen LogP contribution in [0, 0.1) is 0 Å². The molecule has 94 valence electrons. The molecule has 1 aliphatic heterocycles. The molecule has 2 fully saturated rings. The van der Waals surface area contributed by atoms with Crippen LogP contribution in [0.1, 0.15) is 59.3 Å². The second-order valence-electron chi connectivity index (χ2n) is 5.69. The van der Waals surface area contributed by atoms with Gasteiger partial charge in [0, 0.05) is 30.7 Å². The first-order chi connectivity index (χ1) is 7.74. The zero-order chi connectivity index (χ0) is 11.6. The van der Waals surface area contributed by atoms with Crippen molar-refractivity contribution in [2.45, 2.75) is 76.9 Å². The Morgan fingerprint density at radius 2 is 1.88 bits per heavy atom. The van der Waals surface area contributed by atoms with E-state index in [0.717, 1.165) is 12.1 Å². The number of nitrogens with one attached hydrogen (secondary N) is 1. The van der Waals surface area contributed by atoms with Crippen LogP contribution < -0.4 is 5.32 Å². The summed E-state index contributed by atoms with van der Waals surface area (Å²) in [6.45, 7) is 9.49. The van der Waals surface area contributed by atoms with Crippen LogP contribution in [0.25, 0.3) is 0 Å². The third kappa shape index (κ3) is 2.14. The molecule has 0 spiro atoms. The molecule has 1 saturated carbocycles. The van der Waals surface area contributed by atoms with E-state index in [2.05, 4.69) is 31.0 Å². The summed E-state index contributed by atoms with van der Waals surface area (Å²) >= 11 is 0. The van der Waals surface area contributed by atoms with E-state index in [-0.39, 0.29) is 0 Å². The van der Waals surface area contributed by atoms with Gasteiger partial charge in [-0.1, -0.05) is 27.2 Å². The van der Waals surface area contributed by atoms with Crippen molar-refractivity contribution in [3.05, 3.63) is 0 Å². The molecule has 0 aromatic rings. The SMILES string of the molecule is CCC1CNC(CC)(CC)CN1C1CCC1. The molecule has 1 atom stereocenters. The monoisotopic (exact) mass is 224 g/mol. The first-order valence-corrected chi connectivity index (χ1v) is 7.25. The summed E-state index contributed by atoms with van der Waals surface area (Å²) in [5.41, 5.74) is 0.404. The Balaban J connectivity index is 2.04. The van der Waals surface area contributed by atoms with E-state index in [1.807, 2.05) is 0 Å². The number of piperazine rings is 1. The van der Waals surface area contributed by atoms with Gasteiger partial charge in [0.15, 0.2) is 0 Å². The maximum atomic E-state index is 3.82. The molecule has 0 aromatic heterocycles. The lowest BCUT2D eigenvalue weighted by molar-refractivity contribution is 0.00658. The van der Waals surface area contributed by atoms with Gasteiger partial charge in [0.25, 0.3) is 0 Å². The van der Waals surface area contributed by atoms with Crippen molar-refractivity contribution >= 4 is 0 Å². The largest absolute Gasteiger partial charge is 0.308 e. The highest BCUT2D eigenvalue weighted by Crippen LogP contribution is 2.32. The lowest BCUT2D eigenvalue weighted by Crippen LogP contribution is -2.66. The van der Waals surface area contributed by atoms with E-state index in [4.69, 9.17) is 0 Å². The van der Waals surface area contributed by atoms with Crippen LogP contribution in [-0.2, 0) is 0 Å². The van der Waals surface area contributed by atoms with Crippen molar-refractivity contribution in [3.8, 4) is 0 Å². The molecule has 1 N–H and O–H groups in total. The molecule has 0 bridgehead atoms. The van der Waals surface area contributed by atoms with Crippen molar-refractivity contribution in [1.82, 2.24) is 10.2 Å². The quantitative estimate of drug-likeness (QED) is 0.790. The standard InChI is InChI=1S/C14H28N2/c1-4-12-10-15-14(5-2,6-3)11-16(12)13-8-7-9-13/h12-13,15H,4-11H2,1-3H3. The molecule has 0 amide bonds. The highest BCUT2D eigenvalue weighted by molar-refractivity contribution is 4.99. The summed E-state index contributed by atoms with van der Waals surface area (Å²) in [5.74, 6) is 0. The van der Waals surface area contributed by atoms with Crippen LogP contribution >= 0.6 is 0 Å². The van der Waals surface area contributed by atoms with Crippen LogP contribution in [0.5, 0.6) is 0 Å². The zero-order valence-electron chi connectivity index (χ0n) is 11.3. The first-order valence-electron chi connectivity index (χ1n) is 7.25. The molecule has 16 heavy (non-hydrogen) atoms. The van der Waals surface area contributed by atoms with Crippen molar-refractivity contribution in [1.29, 1.82) is 0 Å². The lowest BCUT2D eigenvalue weighted by atomic mass is 9.83. The molecule has 1 aliphatic carbocycles. The molecule has 0 radical (unpaired) electrons. The second kappa shape index (κ2) is 5.05. The van der Waals surface area contributed by atoms with E-state index in [9.17, 15) is 0 Å². The minimum Gasteiger partial charge on any atom is -0.308 e. The summed E-state index contributed by atoms with van der Waals surface area (Å²) in [4.78, 5) is 2.83. The Morgan fingerprint density at radius 1 is 1.19 bits per heavy atom.